The first kappa shape index (κ1) is 17.9. The van der Waals surface area contributed by atoms with Gasteiger partial charge in [-0.05, 0) is 49.9 Å². The molecule has 96 valence electrons. The second-order valence-electron chi connectivity index (χ2n) is 4.27. The maximum absolute atomic E-state index is 10.4. The van der Waals surface area contributed by atoms with Crippen LogP contribution in [0.2, 0.25) is 0 Å². The minimum atomic E-state index is -4.06. The molecule has 1 N–H and O–H groups in total. The topological polar surface area (TPSA) is 69.2 Å². The summed E-state index contributed by atoms with van der Waals surface area (Å²) < 4.78 is 31.1. The van der Waals surface area contributed by atoms with Gasteiger partial charge in [0.15, 0.2) is 0 Å². The van der Waals surface area contributed by atoms with Crippen LogP contribution < -0.4 is 34.9 Å². The van der Waals surface area contributed by atoms with E-state index in [-0.39, 0.29) is 35.3 Å². The fourth-order valence-electron chi connectivity index (χ4n) is 1.71. The fraction of sp³-hybridized carbons (Fsp3) is 0.500. The number of hydrogen-bond acceptors (Lipinski definition) is 4. The van der Waals surface area contributed by atoms with E-state index in [1.807, 2.05) is 26.0 Å². The third-order valence-corrected chi connectivity index (χ3v) is 3.16. The zero-order valence-electron chi connectivity index (χ0n) is 11.2. The zero-order valence-corrected chi connectivity index (χ0v) is 14.0. The van der Waals surface area contributed by atoms with E-state index < -0.39 is 10.1 Å². The summed E-state index contributed by atoms with van der Waals surface area (Å²) in [5, 5.41) is 3.22. The van der Waals surface area contributed by atoms with Crippen molar-refractivity contribution in [2.75, 3.05) is 17.6 Å². The standard InChI is InChI=1S/C12H19NO3S.Na/c1-10-7-11(2)9-12(8-10)13-5-3-4-6-17(14,15)16;/h7-9,13H,3-6H2,1-2H3,(H,14,15,16);/q;+1/p-1. The van der Waals surface area contributed by atoms with Crippen molar-refractivity contribution in [2.24, 2.45) is 0 Å². The number of unbranched alkanes of at least 4 members (excludes halogenated alkanes) is 1. The van der Waals surface area contributed by atoms with Crippen LogP contribution in [0.5, 0.6) is 0 Å². The molecule has 0 radical (unpaired) electrons. The van der Waals surface area contributed by atoms with Gasteiger partial charge in [-0.2, -0.15) is 0 Å². The molecule has 0 atom stereocenters. The van der Waals surface area contributed by atoms with Gasteiger partial charge in [0.05, 0.1) is 10.1 Å². The summed E-state index contributed by atoms with van der Waals surface area (Å²) in [5.74, 6) is -0.276. The normalized spacial score (nSPS) is 10.8. The average Bonchev–Trinajstić information content (AvgIpc) is 2.13. The van der Waals surface area contributed by atoms with E-state index in [9.17, 15) is 13.0 Å². The molecule has 0 fully saturated rings. The van der Waals surface area contributed by atoms with E-state index in [2.05, 4.69) is 11.4 Å². The summed E-state index contributed by atoms with van der Waals surface area (Å²) >= 11 is 0. The van der Waals surface area contributed by atoms with Gasteiger partial charge in [-0.25, -0.2) is 8.42 Å². The molecule has 1 aromatic carbocycles. The van der Waals surface area contributed by atoms with Gasteiger partial charge < -0.3 is 9.87 Å². The van der Waals surface area contributed by atoms with Crippen molar-refractivity contribution in [3.8, 4) is 0 Å². The van der Waals surface area contributed by atoms with Crippen LogP contribution in [0, 0.1) is 13.8 Å². The quantitative estimate of drug-likeness (QED) is 0.414. The molecule has 0 unspecified atom stereocenters. The fourth-order valence-corrected chi connectivity index (χ4v) is 2.27. The SMILES string of the molecule is Cc1cc(C)cc(NCCCCS(=O)(=O)[O-])c1.[Na+]. The second kappa shape index (κ2) is 8.17. The van der Waals surface area contributed by atoms with Crippen LogP contribution in [0.25, 0.3) is 0 Å². The van der Waals surface area contributed by atoms with Crippen molar-refractivity contribution in [1.29, 1.82) is 0 Å². The van der Waals surface area contributed by atoms with Crippen LogP contribution in [-0.2, 0) is 10.1 Å². The molecule has 0 aliphatic rings. The molecule has 1 aromatic rings. The Balaban J connectivity index is 0.00000289. The van der Waals surface area contributed by atoms with Gasteiger partial charge in [-0.1, -0.05) is 6.07 Å². The van der Waals surface area contributed by atoms with E-state index in [1.165, 1.54) is 11.1 Å². The Morgan fingerprint density at radius 3 is 2.17 bits per heavy atom. The molecular weight excluding hydrogens is 261 g/mol. The van der Waals surface area contributed by atoms with Crippen molar-refractivity contribution >= 4 is 15.8 Å². The molecule has 0 saturated heterocycles. The van der Waals surface area contributed by atoms with Gasteiger partial charge >= 0.3 is 29.6 Å². The number of benzene rings is 1. The number of anilines is 1. The van der Waals surface area contributed by atoms with E-state index in [0.29, 0.717) is 19.4 Å². The molecule has 4 nitrogen and oxygen atoms in total. The Morgan fingerprint density at radius 1 is 1.11 bits per heavy atom. The molecule has 0 aliphatic heterocycles. The predicted molar refractivity (Wildman–Crippen MR) is 68.2 cm³/mol. The third-order valence-electron chi connectivity index (χ3n) is 2.37. The van der Waals surface area contributed by atoms with E-state index in [1.54, 1.807) is 0 Å². The molecule has 18 heavy (non-hydrogen) atoms. The molecule has 0 aliphatic carbocycles. The maximum Gasteiger partial charge on any atom is 1.00 e. The van der Waals surface area contributed by atoms with E-state index in [4.69, 9.17) is 0 Å². The first-order chi connectivity index (χ1) is 7.87. The minimum Gasteiger partial charge on any atom is -0.748 e. The van der Waals surface area contributed by atoms with Crippen molar-refractivity contribution in [3.63, 3.8) is 0 Å². The molecule has 0 amide bonds. The number of hydrogen-bond donors (Lipinski definition) is 1. The molecule has 6 heteroatoms. The Bertz CT molecular complexity index is 454. The van der Waals surface area contributed by atoms with Crippen molar-refractivity contribution in [1.82, 2.24) is 0 Å². The Labute approximate surface area is 131 Å². The largest absolute Gasteiger partial charge is 1.00 e. The third kappa shape index (κ3) is 8.11. The molecule has 0 heterocycles. The number of aryl methyl sites for hydroxylation is 2. The van der Waals surface area contributed by atoms with Crippen LogP contribution in [0.3, 0.4) is 0 Å². The summed E-state index contributed by atoms with van der Waals surface area (Å²) in [7, 11) is -4.06. The van der Waals surface area contributed by atoms with Crippen molar-refractivity contribution in [3.05, 3.63) is 29.3 Å². The van der Waals surface area contributed by atoms with Gasteiger partial charge in [-0.15, -0.1) is 0 Å². The summed E-state index contributed by atoms with van der Waals surface area (Å²) in [4.78, 5) is 0. The average molecular weight is 279 g/mol. The van der Waals surface area contributed by atoms with Crippen LogP contribution >= 0.6 is 0 Å². The first-order valence-corrected chi connectivity index (χ1v) is 7.20. The molecule has 0 saturated carbocycles. The van der Waals surface area contributed by atoms with Crippen molar-refractivity contribution in [2.45, 2.75) is 26.7 Å². The summed E-state index contributed by atoms with van der Waals surface area (Å²) in [6, 6.07) is 6.17. The van der Waals surface area contributed by atoms with E-state index >= 15 is 0 Å². The van der Waals surface area contributed by atoms with Gasteiger partial charge in [0.2, 0.25) is 0 Å². The summed E-state index contributed by atoms with van der Waals surface area (Å²) in [6.07, 6.45) is 1.08. The molecule has 0 bridgehead atoms. The molecule has 0 aromatic heterocycles. The number of rotatable bonds is 6. The van der Waals surface area contributed by atoms with Crippen molar-refractivity contribution < 1.29 is 42.5 Å². The van der Waals surface area contributed by atoms with Gasteiger partial charge in [-0.3, -0.25) is 0 Å². The van der Waals surface area contributed by atoms with Gasteiger partial charge in [0.1, 0.15) is 0 Å². The van der Waals surface area contributed by atoms with Gasteiger partial charge in [0, 0.05) is 18.0 Å². The Hall–Kier alpha value is -0.0700. The van der Waals surface area contributed by atoms with Gasteiger partial charge in [0.25, 0.3) is 0 Å². The zero-order chi connectivity index (χ0) is 12.9. The van der Waals surface area contributed by atoms with Crippen LogP contribution in [-0.4, -0.2) is 25.3 Å². The first-order valence-electron chi connectivity index (χ1n) is 5.62. The predicted octanol–water partition coefficient (Wildman–Crippen LogP) is -0.955. The molecule has 1 rings (SSSR count). The van der Waals surface area contributed by atoms with Crippen LogP contribution in [0.15, 0.2) is 18.2 Å². The smallest absolute Gasteiger partial charge is 0.748 e. The molecule has 0 spiro atoms. The monoisotopic (exact) mass is 279 g/mol. The minimum absolute atomic E-state index is 0. The Morgan fingerprint density at radius 2 is 1.67 bits per heavy atom. The molecular formula is C12H18NNaO3S. The Kier molecular flexibility index (Phi) is 8.14. The summed E-state index contributed by atoms with van der Waals surface area (Å²) in [6.45, 7) is 4.74. The van der Waals surface area contributed by atoms with Crippen LogP contribution in [0.1, 0.15) is 24.0 Å². The number of nitrogens with one attached hydrogen (secondary N) is 1. The van der Waals surface area contributed by atoms with Crippen LogP contribution in [0.4, 0.5) is 5.69 Å². The summed E-state index contributed by atoms with van der Waals surface area (Å²) in [5.41, 5.74) is 3.41. The maximum atomic E-state index is 10.4. The van der Waals surface area contributed by atoms with E-state index in [0.717, 1.165) is 5.69 Å². The second-order valence-corrected chi connectivity index (χ2v) is 5.80.